The average Bonchev–Trinajstić information content (AvgIpc) is 2.50. The first-order chi connectivity index (χ1) is 10.4. The summed E-state index contributed by atoms with van der Waals surface area (Å²) in [5.41, 5.74) is -0.0952. The van der Waals surface area contributed by atoms with Crippen LogP contribution in [0, 0.1) is 28.4 Å². The maximum Gasteiger partial charge on any atom is 0.270 e. The van der Waals surface area contributed by atoms with E-state index < -0.39 is 16.3 Å². The molecule has 1 aromatic heterocycles. The fourth-order valence-electron chi connectivity index (χ4n) is 1.96. The second-order valence-corrected chi connectivity index (χ2v) is 4.65. The van der Waals surface area contributed by atoms with Gasteiger partial charge in [0.2, 0.25) is 0 Å². The number of hydrogen-bond donors (Lipinski definition) is 0. The van der Waals surface area contributed by atoms with Crippen LogP contribution in [0.3, 0.4) is 0 Å². The molecule has 1 heterocycles. The molecule has 0 fully saturated rings. The second kappa shape index (κ2) is 6.01. The first-order valence-electron chi connectivity index (χ1n) is 6.32. The van der Waals surface area contributed by atoms with Gasteiger partial charge >= 0.3 is 0 Å². The summed E-state index contributed by atoms with van der Waals surface area (Å²) in [7, 11) is 0. The quantitative estimate of drug-likeness (QED) is 0.486. The number of aryl methyl sites for hydroxylation is 1. The molecule has 0 aliphatic heterocycles. The van der Waals surface area contributed by atoms with E-state index in [9.17, 15) is 19.7 Å². The number of nitro groups is 1. The van der Waals surface area contributed by atoms with Gasteiger partial charge in [0.15, 0.2) is 5.78 Å². The highest BCUT2D eigenvalue weighted by molar-refractivity contribution is 5.96. The number of benzene rings is 1. The summed E-state index contributed by atoms with van der Waals surface area (Å²) >= 11 is 0. The number of nitrogens with zero attached hydrogens (tertiary/aromatic N) is 3. The Morgan fingerprint density at radius 3 is 2.77 bits per heavy atom. The van der Waals surface area contributed by atoms with Gasteiger partial charge in [-0.15, -0.1) is 0 Å². The highest BCUT2D eigenvalue weighted by atomic mass is 16.6. The third-order valence-corrected chi connectivity index (χ3v) is 3.18. The zero-order valence-electron chi connectivity index (χ0n) is 11.6. The Bertz CT molecular complexity index is 862. The number of pyridine rings is 1. The number of non-ortho nitro benzene ring substituents is 1. The Morgan fingerprint density at radius 2 is 2.14 bits per heavy atom. The van der Waals surface area contributed by atoms with Crippen LogP contribution in [0.1, 0.15) is 21.5 Å². The van der Waals surface area contributed by atoms with E-state index in [0.717, 1.165) is 10.6 Å². The summed E-state index contributed by atoms with van der Waals surface area (Å²) in [6, 6.07) is 8.67. The number of nitro benzene ring substituents is 1. The normalized spacial score (nSPS) is 10.0. The van der Waals surface area contributed by atoms with Gasteiger partial charge in [-0.1, -0.05) is 12.1 Å². The molecule has 0 atom stereocenters. The third kappa shape index (κ3) is 2.91. The number of nitriles is 1. The molecule has 7 heteroatoms. The molecule has 0 amide bonds. The van der Waals surface area contributed by atoms with Crippen molar-refractivity contribution in [1.82, 2.24) is 4.57 Å². The van der Waals surface area contributed by atoms with Gasteiger partial charge in [0, 0.05) is 23.9 Å². The zero-order chi connectivity index (χ0) is 16.3. The lowest BCUT2D eigenvalue weighted by molar-refractivity contribution is -0.384. The lowest BCUT2D eigenvalue weighted by atomic mass is 10.1. The fourth-order valence-corrected chi connectivity index (χ4v) is 1.96. The van der Waals surface area contributed by atoms with Gasteiger partial charge in [0.05, 0.1) is 11.5 Å². The predicted octanol–water partition coefficient (Wildman–Crippen LogP) is 1.82. The fraction of sp³-hybridized carbons (Fsp3) is 0.133. The van der Waals surface area contributed by atoms with Gasteiger partial charge in [-0.05, 0) is 18.6 Å². The molecule has 7 nitrogen and oxygen atoms in total. The van der Waals surface area contributed by atoms with Crippen molar-refractivity contribution in [3.63, 3.8) is 0 Å². The van der Waals surface area contributed by atoms with Crippen LogP contribution in [-0.2, 0) is 6.54 Å². The Morgan fingerprint density at radius 1 is 1.41 bits per heavy atom. The van der Waals surface area contributed by atoms with Crippen molar-refractivity contribution in [2.24, 2.45) is 0 Å². The smallest absolute Gasteiger partial charge is 0.270 e. The highest BCUT2D eigenvalue weighted by Gasteiger charge is 2.14. The van der Waals surface area contributed by atoms with Gasteiger partial charge in [-0.3, -0.25) is 19.7 Å². The molecular formula is C15H11N3O4. The van der Waals surface area contributed by atoms with Crippen LogP contribution in [0.25, 0.3) is 0 Å². The number of carbonyl (C=O) groups is 1. The topological polar surface area (TPSA) is 106 Å². The van der Waals surface area contributed by atoms with Crippen LogP contribution >= 0.6 is 0 Å². The third-order valence-electron chi connectivity index (χ3n) is 3.18. The van der Waals surface area contributed by atoms with Crippen molar-refractivity contribution in [3.8, 4) is 6.07 Å². The molecule has 0 radical (unpaired) electrons. The van der Waals surface area contributed by atoms with E-state index in [1.165, 1.54) is 24.4 Å². The van der Waals surface area contributed by atoms with Crippen LogP contribution in [0.2, 0.25) is 0 Å². The van der Waals surface area contributed by atoms with Gasteiger partial charge in [-0.2, -0.15) is 5.26 Å². The van der Waals surface area contributed by atoms with E-state index in [1.807, 2.05) is 6.07 Å². The van der Waals surface area contributed by atoms with E-state index in [2.05, 4.69) is 0 Å². The number of rotatable bonds is 4. The first-order valence-corrected chi connectivity index (χ1v) is 6.32. The molecule has 0 aliphatic rings. The van der Waals surface area contributed by atoms with Crippen LogP contribution in [0.15, 0.2) is 41.3 Å². The molecule has 0 saturated carbocycles. The van der Waals surface area contributed by atoms with E-state index in [0.29, 0.717) is 5.56 Å². The second-order valence-electron chi connectivity index (χ2n) is 4.65. The SMILES string of the molecule is Cc1ccn(CC(=O)c2cccc([N+](=O)[O-])c2)c(=O)c1C#N. The summed E-state index contributed by atoms with van der Waals surface area (Å²) in [5, 5.41) is 19.7. The largest absolute Gasteiger partial charge is 0.307 e. The van der Waals surface area contributed by atoms with Gasteiger partial charge in [0.1, 0.15) is 11.6 Å². The molecule has 2 rings (SSSR count). The molecule has 22 heavy (non-hydrogen) atoms. The molecule has 0 aliphatic carbocycles. The van der Waals surface area contributed by atoms with Crippen molar-refractivity contribution in [3.05, 3.63) is 73.7 Å². The molecule has 0 saturated heterocycles. The monoisotopic (exact) mass is 297 g/mol. The lowest BCUT2D eigenvalue weighted by Gasteiger charge is -2.06. The summed E-state index contributed by atoms with van der Waals surface area (Å²) in [5.74, 6) is -0.446. The summed E-state index contributed by atoms with van der Waals surface area (Å²) in [6.07, 6.45) is 1.42. The summed E-state index contributed by atoms with van der Waals surface area (Å²) in [6.45, 7) is 1.35. The van der Waals surface area contributed by atoms with Crippen LogP contribution in [0.5, 0.6) is 0 Å². The summed E-state index contributed by atoms with van der Waals surface area (Å²) < 4.78 is 1.12. The number of Topliss-reactive ketones (excluding diaryl/α,β-unsaturated/α-hetero) is 1. The highest BCUT2D eigenvalue weighted by Crippen LogP contribution is 2.14. The van der Waals surface area contributed by atoms with Gasteiger partial charge in [0.25, 0.3) is 11.2 Å². The van der Waals surface area contributed by atoms with Crippen molar-refractivity contribution in [2.75, 3.05) is 0 Å². The van der Waals surface area contributed by atoms with Crippen molar-refractivity contribution >= 4 is 11.5 Å². The molecular weight excluding hydrogens is 286 g/mol. The number of ketones is 1. The molecule has 0 spiro atoms. The summed E-state index contributed by atoms with van der Waals surface area (Å²) in [4.78, 5) is 34.3. The van der Waals surface area contributed by atoms with Gasteiger partial charge in [-0.25, -0.2) is 0 Å². The van der Waals surface area contributed by atoms with E-state index >= 15 is 0 Å². The molecule has 110 valence electrons. The maximum absolute atomic E-state index is 12.2. The average molecular weight is 297 g/mol. The number of hydrogen-bond acceptors (Lipinski definition) is 5. The Hall–Kier alpha value is -3.27. The maximum atomic E-state index is 12.2. The predicted molar refractivity (Wildman–Crippen MR) is 77.6 cm³/mol. The Balaban J connectivity index is 2.34. The first kappa shape index (κ1) is 15.1. The van der Waals surface area contributed by atoms with Crippen LogP contribution in [0.4, 0.5) is 5.69 Å². The van der Waals surface area contributed by atoms with Crippen molar-refractivity contribution in [1.29, 1.82) is 5.26 Å². The van der Waals surface area contributed by atoms with E-state index in [1.54, 1.807) is 13.0 Å². The minimum absolute atomic E-state index is 0.0191. The van der Waals surface area contributed by atoms with Crippen molar-refractivity contribution in [2.45, 2.75) is 13.5 Å². The number of carbonyl (C=O) groups excluding carboxylic acids is 1. The molecule has 2 aromatic rings. The standard InChI is InChI=1S/C15H11N3O4/c1-10-5-6-17(15(20)13(10)8-16)9-14(19)11-3-2-4-12(7-11)18(21)22/h2-7H,9H2,1H3. The molecule has 1 aromatic carbocycles. The Labute approximate surface area is 125 Å². The van der Waals surface area contributed by atoms with Crippen LogP contribution < -0.4 is 5.56 Å². The Kier molecular flexibility index (Phi) is 4.13. The van der Waals surface area contributed by atoms with Crippen LogP contribution in [-0.4, -0.2) is 15.3 Å². The van der Waals surface area contributed by atoms with E-state index in [-0.39, 0.29) is 23.4 Å². The van der Waals surface area contributed by atoms with Crippen molar-refractivity contribution < 1.29 is 9.72 Å². The lowest BCUT2D eigenvalue weighted by Crippen LogP contribution is -2.26. The zero-order valence-corrected chi connectivity index (χ0v) is 11.6. The molecule has 0 unspecified atom stereocenters. The number of aromatic nitrogens is 1. The minimum atomic E-state index is -0.595. The van der Waals surface area contributed by atoms with Gasteiger partial charge < -0.3 is 4.57 Å². The molecule has 0 N–H and O–H groups in total. The minimum Gasteiger partial charge on any atom is -0.307 e. The van der Waals surface area contributed by atoms with E-state index in [4.69, 9.17) is 5.26 Å². The molecule has 0 bridgehead atoms.